The van der Waals surface area contributed by atoms with Gasteiger partial charge in [-0.05, 0) is 60.4 Å². The third kappa shape index (κ3) is 2.82. The quantitative estimate of drug-likeness (QED) is 0.305. The van der Waals surface area contributed by atoms with E-state index < -0.39 is 0 Å². The Kier molecular flexibility index (Phi) is 4.16. The number of aryl methyl sites for hydroxylation is 2. The fourth-order valence-corrected chi connectivity index (χ4v) is 4.69. The first-order chi connectivity index (χ1) is 14.0. The summed E-state index contributed by atoms with van der Waals surface area (Å²) in [4.78, 5) is 4.89. The van der Waals surface area contributed by atoms with Gasteiger partial charge in [0.15, 0.2) is 0 Å². The summed E-state index contributed by atoms with van der Waals surface area (Å²) >= 11 is 0. The molecule has 2 heteroatoms. The molecular formula is C27H26N2. The van der Waals surface area contributed by atoms with Crippen molar-refractivity contribution in [1.82, 2.24) is 9.38 Å². The summed E-state index contributed by atoms with van der Waals surface area (Å²) in [7, 11) is 0. The summed E-state index contributed by atoms with van der Waals surface area (Å²) < 4.78 is 2.35. The van der Waals surface area contributed by atoms with Gasteiger partial charge in [0.25, 0.3) is 0 Å². The van der Waals surface area contributed by atoms with E-state index in [0.717, 1.165) is 12.1 Å². The van der Waals surface area contributed by atoms with Crippen molar-refractivity contribution >= 4 is 27.3 Å². The van der Waals surface area contributed by atoms with Crippen LogP contribution in [-0.2, 0) is 6.42 Å². The molecule has 5 aromatic rings. The Balaban J connectivity index is 1.94. The summed E-state index contributed by atoms with van der Waals surface area (Å²) in [5.74, 6) is 0.640. The minimum atomic E-state index is 0.640. The molecule has 29 heavy (non-hydrogen) atoms. The molecule has 0 aliphatic carbocycles. The smallest absolute Gasteiger partial charge is 0.145 e. The van der Waals surface area contributed by atoms with Gasteiger partial charge in [-0.15, -0.1) is 0 Å². The van der Waals surface area contributed by atoms with Crippen LogP contribution < -0.4 is 0 Å². The summed E-state index contributed by atoms with van der Waals surface area (Å²) in [5, 5.41) is 3.79. The van der Waals surface area contributed by atoms with Gasteiger partial charge in [-0.2, -0.15) is 0 Å². The zero-order valence-electron chi connectivity index (χ0n) is 17.5. The molecule has 0 atom stereocenters. The van der Waals surface area contributed by atoms with Gasteiger partial charge < -0.3 is 0 Å². The predicted octanol–water partition coefficient (Wildman–Crippen LogP) is 7.12. The molecule has 0 bridgehead atoms. The molecule has 0 saturated carbocycles. The Morgan fingerprint density at radius 1 is 0.828 bits per heavy atom. The van der Waals surface area contributed by atoms with Crippen LogP contribution in [-0.4, -0.2) is 9.38 Å². The Labute approximate surface area is 171 Å². The molecule has 2 heterocycles. The topological polar surface area (TPSA) is 17.3 Å². The average Bonchev–Trinajstić information content (AvgIpc) is 3.13. The SMILES string of the molecule is Cc1cccc(C)c1-c1cnc2c3ccccc3c3cc(CC(C)C)ccc3n12. The molecule has 0 aliphatic rings. The minimum Gasteiger partial charge on any atom is -0.292 e. The van der Waals surface area contributed by atoms with Crippen molar-refractivity contribution in [3.8, 4) is 11.3 Å². The molecule has 0 amide bonds. The molecule has 0 unspecified atom stereocenters. The maximum atomic E-state index is 4.89. The first kappa shape index (κ1) is 17.9. The first-order valence-electron chi connectivity index (χ1n) is 10.4. The van der Waals surface area contributed by atoms with Crippen LogP contribution in [0, 0.1) is 19.8 Å². The monoisotopic (exact) mass is 378 g/mol. The first-order valence-corrected chi connectivity index (χ1v) is 10.4. The molecule has 0 N–H and O–H groups in total. The van der Waals surface area contributed by atoms with E-state index in [1.807, 2.05) is 6.20 Å². The Hall–Kier alpha value is -3.13. The second kappa shape index (κ2) is 6.73. The number of rotatable bonds is 3. The number of hydrogen-bond donors (Lipinski definition) is 0. The van der Waals surface area contributed by atoms with Gasteiger partial charge in [-0.1, -0.05) is 62.4 Å². The molecule has 0 aliphatic heterocycles. The lowest BCUT2D eigenvalue weighted by Gasteiger charge is -2.15. The normalized spacial score (nSPS) is 11.9. The van der Waals surface area contributed by atoms with Crippen LogP contribution in [0.4, 0.5) is 0 Å². The number of nitrogens with zero attached hydrogens (tertiary/aromatic N) is 2. The van der Waals surface area contributed by atoms with Crippen LogP contribution in [0.3, 0.4) is 0 Å². The van der Waals surface area contributed by atoms with Crippen LogP contribution >= 0.6 is 0 Å². The van der Waals surface area contributed by atoms with Gasteiger partial charge in [0.2, 0.25) is 0 Å². The lowest BCUT2D eigenvalue weighted by atomic mass is 9.97. The molecule has 2 aromatic heterocycles. The second-order valence-electron chi connectivity index (χ2n) is 8.56. The van der Waals surface area contributed by atoms with E-state index in [4.69, 9.17) is 4.98 Å². The van der Waals surface area contributed by atoms with E-state index in [-0.39, 0.29) is 0 Å². The summed E-state index contributed by atoms with van der Waals surface area (Å²) in [5.41, 5.74) is 8.66. The van der Waals surface area contributed by atoms with Gasteiger partial charge in [-0.25, -0.2) is 4.98 Å². The van der Waals surface area contributed by atoms with Gasteiger partial charge >= 0.3 is 0 Å². The zero-order valence-corrected chi connectivity index (χ0v) is 17.5. The Bertz CT molecular complexity index is 1350. The number of aromatic nitrogens is 2. The second-order valence-corrected chi connectivity index (χ2v) is 8.56. The van der Waals surface area contributed by atoms with Crippen molar-refractivity contribution in [2.24, 2.45) is 5.92 Å². The third-order valence-electron chi connectivity index (χ3n) is 5.90. The van der Waals surface area contributed by atoms with E-state index in [9.17, 15) is 0 Å². The van der Waals surface area contributed by atoms with Gasteiger partial charge in [0.05, 0.1) is 17.4 Å². The van der Waals surface area contributed by atoms with Crippen molar-refractivity contribution in [2.45, 2.75) is 34.1 Å². The molecule has 3 aromatic carbocycles. The van der Waals surface area contributed by atoms with E-state index >= 15 is 0 Å². The van der Waals surface area contributed by atoms with Gasteiger partial charge in [-0.3, -0.25) is 4.40 Å². The fraction of sp³-hybridized carbons (Fsp3) is 0.222. The van der Waals surface area contributed by atoms with Crippen LogP contribution in [0.2, 0.25) is 0 Å². The number of imidazole rings is 1. The highest BCUT2D eigenvalue weighted by Crippen LogP contribution is 2.35. The molecule has 0 saturated heterocycles. The molecule has 144 valence electrons. The third-order valence-corrected chi connectivity index (χ3v) is 5.90. The van der Waals surface area contributed by atoms with Gasteiger partial charge in [0, 0.05) is 16.3 Å². The van der Waals surface area contributed by atoms with E-state index in [0.29, 0.717) is 5.92 Å². The highest BCUT2D eigenvalue weighted by molar-refractivity contribution is 6.12. The minimum absolute atomic E-state index is 0.640. The van der Waals surface area contributed by atoms with Crippen molar-refractivity contribution in [3.05, 3.63) is 83.6 Å². The number of benzene rings is 3. The zero-order chi connectivity index (χ0) is 20.1. The van der Waals surface area contributed by atoms with Crippen LogP contribution in [0.1, 0.15) is 30.5 Å². The highest BCUT2D eigenvalue weighted by Gasteiger charge is 2.16. The number of hydrogen-bond acceptors (Lipinski definition) is 1. The van der Waals surface area contributed by atoms with Crippen LogP contribution in [0.5, 0.6) is 0 Å². The lowest BCUT2D eigenvalue weighted by molar-refractivity contribution is 0.648. The molecule has 0 radical (unpaired) electrons. The van der Waals surface area contributed by atoms with E-state index in [2.05, 4.69) is 92.8 Å². The molecule has 0 fully saturated rings. The predicted molar refractivity (Wildman–Crippen MR) is 124 cm³/mol. The maximum absolute atomic E-state index is 4.89. The van der Waals surface area contributed by atoms with Crippen LogP contribution in [0.25, 0.3) is 38.6 Å². The number of fused-ring (bicyclic) bond motifs is 6. The van der Waals surface area contributed by atoms with E-state index in [1.54, 1.807) is 0 Å². The average molecular weight is 379 g/mol. The molecule has 5 rings (SSSR count). The van der Waals surface area contributed by atoms with Gasteiger partial charge in [0.1, 0.15) is 5.65 Å². The van der Waals surface area contributed by atoms with Crippen molar-refractivity contribution in [1.29, 1.82) is 0 Å². The number of pyridine rings is 1. The largest absolute Gasteiger partial charge is 0.292 e. The van der Waals surface area contributed by atoms with E-state index in [1.165, 1.54) is 49.6 Å². The maximum Gasteiger partial charge on any atom is 0.145 e. The van der Waals surface area contributed by atoms with Crippen LogP contribution in [0.15, 0.2) is 66.9 Å². The summed E-state index contributed by atoms with van der Waals surface area (Å²) in [6, 6.07) is 22.1. The summed E-state index contributed by atoms with van der Waals surface area (Å²) in [6.07, 6.45) is 3.13. The highest BCUT2D eigenvalue weighted by atomic mass is 15.0. The van der Waals surface area contributed by atoms with Crippen molar-refractivity contribution < 1.29 is 0 Å². The van der Waals surface area contributed by atoms with Crippen molar-refractivity contribution in [3.63, 3.8) is 0 Å². The summed E-state index contributed by atoms with van der Waals surface area (Å²) in [6.45, 7) is 8.93. The molecular weight excluding hydrogens is 352 g/mol. The fourth-order valence-electron chi connectivity index (χ4n) is 4.69. The Morgan fingerprint density at radius 3 is 2.28 bits per heavy atom. The molecule has 2 nitrogen and oxygen atoms in total. The lowest BCUT2D eigenvalue weighted by Crippen LogP contribution is -1.98. The Morgan fingerprint density at radius 2 is 1.55 bits per heavy atom. The standard InChI is InChI=1S/C27H26N2/c1-17(2)14-20-12-13-24-23(15-20)21-10-5-6-11-22(21)27-28-16-25(29(24)27)26-18(3)8-7-9-19(26)4/h5-13,15-17H,14H2,1-4H3. The molecule has 0 spiro atoms. The van der Waals surface area contributed by atoms with Crippen molar-refractivity contribution in [2.75, 3.05) is 0 Å².